The molecule has 1 amide bonds. The van der Waals surface area contributed by atoms with Crippen molar-refractivity contribution in [2.75, 3.05) is 27.4 Å². The summed E-state index contributed by atoms with van der Waals surface area (Å²) in [6.07, 6.45) is -0.480. The third-order valence-electron chi connectivity index (χ3n) is 2.87. The van der Waals surface area contributed by atoms with Crippen molar-refractivity contribution in [2.24, 2.45) is 0 Å². The number of aliphatic hydroxyl groups is 1. The number of methoxy groups -OCH3 is 2. The van der Waals surface area contributed by atoms with Gasteiger partial charge < -0.3 is 24.2 Å². The lowest BCUT2D eigenvalue weighted by Gasteiger charge is -2.27. The van der Waals surface area contributed by atoms with Crippen LogP contribution in [-0.4, -0.2) is 49.1 Å². The highest BCUT2D eigenvalue weighted by Gasteiger charge is 2.23. The summed E-state index contributed by atoms with van der Waals surface area (Å²) in [5, 5.41) is 9.18. The van der Waals surface area contributed by atoms with E-state index in [2.05, 4.69) is 0 Å². The molecule has 6 heteroatoms. The van der Waals surface area contributed by atoms with Crippen LogP contribution in [0.4, 0.5) is 4.79 Å². The number of carbonyl (C=O) groups excluding carboxylic acids is 1. The Hall–Kier alpha value is -1.95. The van der Waals surface area contributed by atoms with Gasteiger partial charge in [0, 0.05) is 12.1 Å². The highest BCUT2D eigenvalue weighted by molar-refractivity contribution is 5.68. The van der Waals surface area contributed by atoms with Gasteiger partial charge in [0.15, 0.2) is 0 Å². The Morgan fingerprint density at radius 2 is 1.91 bits per heavy atom. The van der Waals surface area contributed by atoms with Gasteiger partial charge in [-0.3, -0.25) is 0 Å². The van der Waals surface area contributed by atoms with E-state index < -0.39 is 11.7 Å². The van der Waals surface area contributed by atoms with Gasteiger partial charge in [-0.15, -0.1) is 0 Å². The summed E-state index contributed by atoms with van der Waals surface area (Å²) in [5.74, 6) is 1.32. The van der Waals surface area contributed by atoms with Gasteiger partial charge in [0.2, 0.25) is 0 Å². The number of aliphatic hydroxyl groups excluding tert-OH is 1. The molecule has 0 atom stereocenters. The van der Waals surface area contributed by atoms with Crippen LogP contribution in [0.2, 0.25) is 0 Å². The summed E-state index contributed by atoms with van der Waals surface area (Å²) in [7, 11) is 3.14. The van der Waals surface area contributed by atoms with Crippen LogP contribution in [0.25, 0.3) is 0 Å². The Kier molecular flexibility index (Phi) is 6.49. The number of carbonyl (C=O) groups is 1. The first-order valence-corrected chi connectivity index (χ1v) is 7.10. The number of amides is 1. The maximum atomic E-state index is 12.2. The summed E-state index contributed by atoms with van der Waals surface area (Å²) >= 11 is 0. The van der Waals surface area contributed by atoms with E-state index >= 15 is 0 Å². The van der Waals surface area contributed by atoms with E-state index in [1.165, 1.54) is 4.90 Å². The maximum absolute atomic E-state index is 12.2. The Morgan fingerprint density at radius 1 is 1.23 bits per heavy atom. The number of nitrogens with zero attached hydrogens (tertiary/aromatic N) is 1. The number of hydrogen-bond donors (Lipinski definition) is 1. The van der Waals surface area contributed by atoms with Crippen molar-refractivity contribution < 1.29 is 24.1 Å². The zero-order valence-electron chi connectivity index (χ0n) is 13.9. The normalized spacial score (nSPS) is 11.0. The molecule has 0 unspecified atom stereocenters. The average molecular weight is 311 g/mol. The largest absolute Gasteiger partial charge is 0.497 e. The molecule has 0 heterocycles. The quantitative estimate of drug-likeness (QED) is 0.874. The minimum Gasteiger partial charge on any atom is -0.497 e. The zero-order valence-corrected chi connectivity index (χ0v) is 13.9. The molecular weight excluding hydrogens is 286 g/mol. The first-order valence-electron chi connectivity index (χ1n) is 7.10. The SMILES string of the molecule is COc1ccc(OC)c(CN(CCO)C(=O)OC(C)(C)C)c1. The van der Waals surface area contributed by atoms with Crippen LogP contribution in [0.15, 0.2) is 18.2 Å². The molecule has 0 aliphatic heterocycles. The predicted octanol–water partition coefficient (Wildman–Crippen LogP) is 2.43. The molecule has 0 aromatic heterocycles. The second-order valence-electron chi connectivity index (χ2n) is 5.80. The van der Waals surface area contributed by atoms with E-state index in [9.17, 15) is 9.90 Å². The molecule has 1 rings (SSSR count). The summed E-state index contributed by atoms with van der Waals surface area (Å²) in [4.78, 5) is 13.7. The van der Waals surface area contributed by atoms with Crippen LogP contribution in [0.3, 0.4) is 0 Å². The van der Waals surface area contributed by atoms with Crippen LogP contribution < -0.4 is 9.47 Å². The topological polar surface area (TPSA) is 68.2 Å². The van der Waals surface area contributed by atoms with Crippen molar-refractivity contribution in [3.8, 4) is 11.5 Å². The van der Waals surface area contributed by atoms with Gasteiger partial charge in [-0.25, -0.2) is 4.79 Å². The molecule has 0 bridgehead atoms. The maximum Gasteiger partial charge on any atom is 0.410 e. The molecule has 1 aromatic rings. The molecule has 0 saturated heterocycles. The summed E-state index contributed by atoms with van der Waals surface area (Å²) < 4.78 is 15.9. The summed E-state index contributed by atoms with van der Waals surface area (Å²) in [6, 6.07) is 5.36. The summed E-state index contributed by atoms with van der Waals surface area (Å²) in [6.45, 7) is 5.69. The highest BCUT2D eigenvalue weighted by Crippen LogP contribution is 2.25. The van der Waals surface area contributed by atoms with Gasteiger partial charge in [0.25, 0.3) is 0 Å². The lowest BCUT2D eigenvalue weighted by molar-refractivity contribution is 0.0200. The predicted molar refractivity (Wildman–Crippen MR) is 83.3 cm³/mol. The summed E-state index contributed by atoms with van der Waals surface area (Å²) in [5.41, 5.74) is 0.185. The molecule has 124 valence electrons. The van der Waals surface area contributed by atoms with Crippen LogP contribution in [0.5, 0.6) is 11.5 Å². The molecule has 22 heavy (non-hydrogen) atoms. The molecule has 0 aliphatic carbocycles. The monoisotopic (exact) mass is 311 g/mol. The fraction of sp³-hybridized carbons (Fsp3) is 0.562. The molecular formula is C16H25NO5. The van der Waals surface area contributed by atoms with E-state index in [1.54, 1.807) is 53.2 Å². The molecule has 1 aromatic carbocycles. The first-order chi connectivity index (χ1) is 10.3. The Morgan fingerprint density at radius 3 is 2.41 bits per heavy atom. The number of ether oxygens (including phenoxy) is 3. The van der Waals surface area contributed by atoms with Crippen molar-refractivity contribution >= 4 is 6.09 Å². The molecule has 6 nitrogen and oxygen atoms in total. The third-order valence-corrected chi connectivity index (χ3v) is 2.87. The van der Waals surface area contributed by atoms with E-state index in [0.29, 0.717) is 11.5 Å². The van der Waals surface area contributed by atoms with Crippen LogP contribution in [0.1, 0.15) is 26.3 Å². The molecule has 1 N–H and O–H groups in total. The molecule has 0 aliphatic rings. The van der Waals surface area contributed by atoms with E-state index in [4.69, 9.17) is 14.2 Å². The smallest absolute Gasteiger partial charge is 0.410 e. The highest BCUT2D eigenvalue weighted by atomic mass is 16.6. The number of benzene rings is 1. The third kappa shape index (κ3) is 5.44. The van der Waals surface area contributed by atoms with Crippen LogP contribution in [0, 0.1) is 0 Å². The average Bonchev–Trinajstić information content (AvgIpc) is 2.44. The molecule has 0 saturated carbocycles. The van der Waals surface area contributed by atoms with Crippen molar-refractivity contribution in [1.82, 2.24) is 4.90 Å². The molecule has 0 radical (unpaired) electrons. The number of rotatable bonds is 6. The van der Waals surface area contributed by atoms with Gasteiger partial charge in [-0.2, -0.15) is 0 Å². The zero-order chi connectivity index (χ0) is 16.8. The number of hydrogen-bond acceptors (Lipinski definition) is 5. The Labute approximate surface area is 131 Å². The Balaban J connectivity index is 2.97. The lowest BCUT2D eigenvalue weighted by atomic mass is 10.1. The van der Waals surface area contributed by atoms with Gasteiger partial charge >= 0.3 is 6.09 Å². The Bertz CT molecular complexity index is 496. The van der Waals surface area contributed by atoms with E-state index in [0.717, 1.165) is 5.56 Å². The van der Waals surface area contributed by atoms with Crippen LogP contribution in [-0.2, 0) is 11.3 Å². The first kappa shape index (κ1) is 18.1. The van der Waals surface area contributed by atoms with Gasteiger partial charge in [0.05, 0.1) is 27.4 Å². The second kappa shape index (κ2) is 7.89. The van der Waals surface area contributed by atoms with Crippen molar-refractivity contribution in [2.45, 2.75) is 32.9 Å². The lowest BCUT2D eigenvalue weighted by Crippen LogP contribution is -2.38. The van der Waals surface area contributed by atoms with Gasteiger partial charge in [0.1, 0.15) is 17.1 Å². The molecule has 0 fully saturated rings. The minimum absolute atomic E-state index is 0.147. The van der Waals surface area contributed by atoms with E-state index in [-0.39, 0.29) is 19.7 Å². The minimum atomic E-state index is -0.594. The van der Waals surface area contributed by atoms with Crippen LogP contribution >= 0.6 is 0 Å². The van der Waals surface area contributed by atoms with Crippen molar-refractivity contribution in [1.29, 1.82) is 0 Å². The van der Waals surface area contributed by atoms with E-state index in [1.807, 2.05) is 0 Å². The molecule has 0 spiro atoms. The van der Waals surface area contributed by atoms with Gasteiger partial charge in [-0.1, -0.05) is 0 Å². The fourth-order valence-electron chi connectivity index (χ4n) is 1.89. The van der Waals surface area contributed by atoms with Crippen molar-refractivity contribution in [3.63, 3.8) is 0 Å². The standard InChI is InChI=1S/C16H25NO5/c1-16(2,3)22-15(19)17(8-9-18)11-12-10-13(20-4)6-7-14(12)21-5/h6-7,10,18H,8-9,11H2,1-5H3. The van der Waals surface area contributed by atoms with Crippen molar-refractivity contribution in [3.05, 3.63) is 23.8 Å². The fourth-order valence-corrected chi connectivity index (χ4v) is 1.89. The van der Waals surface area contributed by atoms with Gasteiger partial charge in [-0.05, 0) is 39.0 Å². The second-order valence-corrected chi connectivity index (χ2v) is 5.80.